The van der Waals surface area contributed by atoms with Crippen LogP contribution in [-0.4, -0.2) is 11.1 Å². The molecule has 0 aliphatic heterocycles. The Morgan fingerprint density at radius 3 is 2.47 bits per heavy atom. The van der Waals surface area contributed by atoms with Gasteiger partial charge in [0.1, 0.15) is 0 Å². The summed E-state index contributed by atoms with van der Waals surface area (Å²) < 4.78 is 0. The number of hydrogen-bond acceptors (Lipinski definition) is 1. The van der Waals surface area contributed by atoms with Gasteiger partial charge in [0.15, 0.2) is 0 Å². The van der Waals surface area contributed by atoms with E-state index in [1.807, 2.05) is 13.0 Å². The maximum absolute atomic E-state index is 11.0. The van der Waals surface area contributed by atoms with Crippen molar-refractivity contribution in [2.75, 3.05) is 0 Å². The molecule has 2 rings (SSSR count). The Labute approximate surface area is 113 Å². The van der Waals surface area contributed by atoms with E-state index in [1.54, 1.807) is 18.2 Å². The lowest BCUT2D eigenvalue weighted by atomic mass is 9.93. The van der Waals surface area contributed by atoms with Crippen molar-refractivity contribution in [1.29, 1.82) is 0 Å². The minimum atomic E-state index is -0.889. The molecule has 0 saturated carbocycles. The van der Waals surface area contributed by atoms with Crippen LogP contribution in [0.1, 0.15) is 41.3 Å². The summed E-state index contributed by atoms with van der Waals surface area (Å²) in [4.78, 5) is 11.0. The third-order valence-electron chi connectivity index (χ3n) is 3.35. The monoisotopic (exact) mass is 254 g/mol. The molecule has 2 aromatic carbocycles. The minimum absolute atomic E-state index is 0.326. The smallest absolute Gasteiger partial charge is 0.335 e. The highest BCUT2D eigenvalue weighted by Crippen LogP contribution is 2.28. The first-order valence-electron chi connectivity index (χ1n) is 6.43. The molecule has 2 heteroatoms. The molecule has 0 heterocycles. The van der Waals surface area contributed by atoms with Crippen LogP contribution in [0.2, 0.25) is 0 Å². The molecule has 0 unspecified atom stereocenters. The van der Waals surface area contributed by atoms with E-state index in [-0.39, 0.29) is 0 Å². The van der Waals surface area contributed by atoms with E-state index in [2.05, 4.69) is 32.0 Å². The van der Waals surface area contributed by atoms with Crippen LogP contribution in [0.5, 0.6) is 0 Å². The number of aromatic carboxylic acids is 1. The van der Waals surface area contributed by atoms with Gasteiger partial charge in [0, 0.05) is 0 Å². The number of aryl methyl sites for hydroxylation is 1. The molecule has 0 bridgehead atoms. The summed E-state index contributed by atoms with van der Waals surface area (Å²) in [6, 6.07) is 13.5. The standard InChI is InChI=1S/C17H18O2/c1-11(2)13-8-7-12(3)16(10-13)14-5-4-6-15(9-14)17(18)19/h4-11H,1-3H3,(H,18,19). The number of hydrogen-bond donors (Lipinski definition) is 1. The van der Waals surface area contributed by atoms with Crippen molar-refractivity contribution in [2.45, 2.75) is 26.7 Å². The number of benzene rings is 2. The average Bonchev–Trinajstić information content (AvgIpc) is 2.39. The van der Waals surface area contributed by atoms with Gasteiger partial charge in [0.2, 0.25) is 0 Å². The molecule has 0 atom stereocenters. The molecule has 0 amide bonds. The number of carboxylic acids is 1. The minimum Gasteiger partial charge on any atom is -0.478 e. The van der Waals surface area contributed by atoms with Crippen LogP contribution in [0.4, 0.5) is 0 Å². The van der Waals surface area contributed by atoms with Crippen molar-refractivity contribution in [3.63, 3.8) is 0 Å². The highest BCUT2D eigenvalue weighted by Gasteiger charge is 2.08. The van der Waals surface area contributed by atoms with Crippen LogP contribution in [0.3, 0.4) is 0 Å². The second kappa shape index (κ2) is 5.27. The topological polar surface area (TPSA) is 37.3 Å². The first-order valence-corrected chi connectivity index (χ1v) is 6.43. The van der Waals surface area contributed by atoms with Crippen molar-refractivity contribution in [2.24, 2.45) is 0 Å². The van der Waals surface area contributed by atoms with Gasteiger partial charge >= 0.3 is 5.97 Å². The van der Waals surface area contributed by atoms with Crippen molar-refractivity contribution < 1.29 is 9.90 Å². The van der Waals surface area contributed by atoms with Crippen LogP contribution >= 0.6 is 0 Å². The summed E-state index contributed by atoms with van der Waals surface area (Å²) >= 11 is 0. The molecule has 0 fully saturated rings. The second-order valence-corrected chi connectivity index (χ2v) is 5.12. The molecular formula is C17H18O2. The highest BCUT2D eigenvalue weighted by molar-refractivity contribution is 5.89. The molecule has 0 aliphatic rings. The molecule has 0 radical (unpaired) electrons. The van der Waals surface area contributed by atoms with Crippen molar-refractivity contribution in [3.05, 3.63) is 59.2 Å². The van der Waals surface area contributed by atoms with Gasteiger partial charge in [-0.2, -0.15) is 0 Å². The quantitative estimate of drug-likeness (QED) is 0.876. The Morgan fingerprint density at radius 1 is 1.11 bits per heavy atom. The first-order chi connectivity index (χ1) is 8.99. The number of rotatable bonds is 3. The van der Waals surface area contributed by atoms with E-state index in [4.69, 9.17) is 5.11 Å². The number of carbonyl (C=O) groups is 1. The lowest BCUT2D eigenvalue weighted by Crippen LogP contribution is -1.97. The van der Waals surface area contributed by atoms with Gasteiger partial charge in [0.05, 0.1) is 5.56 Å². The normalized spacial score (nSPS) is 10.7. The van der Waals surface area contributed by atoms with E-state index in [0.29, 0.717) is 11.5 Å². The molecule has 0 aromatic heterocycles. The van der Waals surface area contributed by atoms with Crippen LogP contribution in [0.25, 0.3) is 11.1 Å². The fraction of sp³-hybridized carbons (Fsp3) is 0.235. The molecular weight excluding hydrogens is 236 g/mol. The summed E-state index contributed by atoms with van der Waals surface area (Å²) in [6.45, 7) is 6.36. The fourth-order valence-corrected chi connectivity index (χ4v) is 2.13. The van der Waals surface area contributed by atoms with Gasteiger partial charge < -0.3 is 5.11 Å². The summed E-state index contributed by atoms with van der Waals surface area (Å²) in [7, 11) is 0. The maximum Gasteiger partial charge on any atom is 0.335 e. The third-order valence-corrected chi connectivity index (χ3v) is 3.35. The molecule has 0 spiro atoms. The number of carboxylic acid groups (broad SMARTS) is 1. The van der Waals surface area contributed by atoms with Crippen LogP contribution < -0.4 is 0 Å². The van der Waals surface area contributed by atoms with Crippen LogP contribution in [0.15, 0.2) is 42.5 Å². The second-order valence-electron chi connectivity index (χ2n) is 5.12. The Bertz CT molecular complexity index is 612. The zero-order chi connectivity index (χ0) is 14.0. The Balaban J connectivity index is 2.54. The largest absolute Gasteiger partial charge is 0.478 e. The van der Waals surface area contributed by atoms with Crippen molar-refractivity contribution in [1.82, 2.24) is 0 Å². The van der Waals surface area contributed by atoms with Gasteiger partial charge in [-0.3, -0.25) is 0 Å². The highest BCUT2D eigenvalue weighted by atomic mass is 16.4. The molecule has 98 valence electrons. The van der Waals surface area contributed by atoms with Crippen LogP contribution in [0, 0.1) is 6.92 Å². The molecule has 2 nitrogen and oxygen atoms in total. The maximum atomic E-state index is 11.0. The molecule has 2 aromatic rings. The Morgan fingerprint density at radius 2 is 1.84 bits per heavy atom. The predicted octanol–water partition coefficient (Wildman–Crippen LogP) is 4.48. The van der Waals surface area contributed by atoms with Crippen molar-refractivity contribution >= 4 is 5.97 Å². The lowest BCUT2D eigenvalue weighted by Gasteiger charge is -2.12. The summed E-state index contributed by atoms with van der Waals surface area (Å²) in [6.07, 6.45) is 0. The molecule has 19 heavy (non-hydrogen) atoms. The van der Waals surface area contributed by atoms with Crippen LogP contribution in [-0.2, 0) is 0 Å². The average molecular weight is 254 g/mol. The third kappa shape index (κ3) is 2.84. The van der Waals surface area contributed by atoms with E-state index >= 15 is 0 Å². The first kappa shape index (κ1) is 13.3. The molecule has 0 saturated heterocycles. The van der Waals surface area contributed by atoms with Gasteiger partial charge in [-0.25, -0.2) is 4.79 Å². The predicted molar refractivity (Wildman–Crippen MR) is 77.7 cm³/mol. The molecule has 1 N–H and O–H groups in total. The summed E-state index contributed by atoms with van der Waals surface area (Å²) in [5, 5.41) is 9.07. The van der Waals surface area contributed by atoms with Gasteiger partial charge in [-0.15, -0.1) is 0 Å². The van der Waals surface area contributed by atoms with Crippen molar-refractivity contribution in [3.8, 4) is 11.1 Å². The summed E-state index contributed by atoms with van der Waals surface area (Å²) in [5.41, 5.74) is 4.81. The Hall–Kier alpha value is -2.09. The summed E-state index contributed by atoms with van der Waals surface area (Å²) in [5.74, 6) is -0.429. The SMILES string of the molecule is Cc1ccc(C(C)C)cc1-c1cccc(C(=O)O)c1. The lowest BCUT2D eigenvalue weighted by molar-refractivity contribution is 0.0697. The van der Waals surface area contributed by atoms with E-state index < -0.39 is 5.97 Å². The fourth-order valence-electron chi connectivity index (χ4n) is 2.13. The van der Waals surface area contributed by atoms with Gasteiger partial charge in [-0.05, 0) is 47.2 Å². The van der Waals surface area contributed by atoms with Gasteiger partial charge in [-0.1, -0.05) is 44.2 Å². The Kier molecular flexibility index (Phi) is 3.70. The zero-order valence-electron chi connectivity index (χ0n) is 11.5. The van der Waals surface area contributed by atoms with E-state index in [9.17, 15) is 4.79 Å². The van der Waals surface area contributed by atoms with E-state index in [1.165, 1.54) is 5.56 Å². The molecule has 0 aliphatic carbocycles. The zero-order valence-corrected chi connectivity index (χ0v) is 11.5. The van der Waals surface area contributed by atoms with E-state index in [0.717, 1.165) is 16.7 Å². The van der Waals surface area contributed by atoms with Gasteiger partial charge in [0.25, 0.3) is 0 Å².